The summed E-state index contributed by atoms with van der Waals surface area (Å²) in [5, 5.41) is 4.00. The van der Waals surface area contributed by atoms with E-state index in [1.165, 1.54) is 49.3 Å². The Morgan fingerprint density at radius 1 is 0.306 bits per heavy atom. The molecule has 3 rings (SSSR count). The minimum atomic E-state index is -1.05. The summed E-state index contributed by atoms with van der Waals surface area (Å²) in [6.07, 6.45) is 0. The molecule has 0 amide bonds. The van der Waals surface area contributed by atoms with E-state index in [9.17, 15) is 0 Å². The van der Waals surface area contributed by atoms with Crippen molar-refractivity contribution in [2.24, 2.45) is 0 Å². The zero-order chi connectivity index (χ0) is 37.9. The smallest absolute Gasteiger partial charge is 0.126 e. The molecule has 0 aliphatic heterocycles. The number of methoxy groups -OCH3 is 3. The summed E-state index contributed by atoms with van der Waals surface area (Å²) in [6, 6.07) is 14.7. The second-order valence-electron chi connectivity index (χ2n) is 20.1. The van der Waals surface area contributed by atoms with E-state index in [0.29, 0.717) is 0 Å². The van der Waals surface area contributed by atoms with E-state index >= 15 is 0 Å². The van der Waals surface area contributed by atoms with Crippen molar-refractivity contribution in [2.45, 2.75) is 157 Å². The van der Waals surface area contributed by atoms with E-state index in [0.717, 1.165) is 17.2 Å². The van der Waals surface area contributed by atoms with Gasteiger partial charge in [0.25, 0.3) is 0 Å². The van der Waals surface area contributed by atoms with Crippen molar-refractivity contribution in [3.05, 3.63) is 69.8 Å². The van der Waals surface area contributed by atoms with Gasteiger partial charge in [-0.05, 0) is 92.7 Å². The van der Waals surface area contributed by atoms with Gasteiger partial charge in [0.2, 0.25) is 0 Å². The third kappa shape index (κ3) is 8.69. The van der Waals surface area contributed by atoms with Crippen LogP contribution in [0.5, 0.6) is 17.2 Å². The van der Waals surface area contributed by atoms with Crippen LogP contribution in [0.4, 0.5) is 0 Å². The van der Waals surface area contributed by atoms with E-state index in [2.05, 4.69) is 161 Å². The Bertz CT molecular complexity index is 1350. The summed E-state index contributed by atoms with van der Waals surface area (Å²) in [6.45, 7) is 41.4. The van der Waals surface area contributed by atoms with Gasteiger partial charge in [-0.3, -0.25) is 0 Å². The van der Waals surface area contributed by atoms with Gasteiger partial charge in [0.05, 0.1) is 21.3 Å². The maximum atomic E-state index is 6.27. The number of hydrogen-bond donors (Lipinski definition) is 0. The van der Waals surface area contributed by atoms with Gasteiger partial charge in [-0.25, -0.2) is 0 Å². The standard InChI is InChI=1S/C45H69O3P/c1-40(2,3)31-22-28(23-32(37(31)46-19)41(4,5)6)49(29-24-33(42(7,8)9)38(47-20)34(25-29)43(10,11)12)30-26-35(44(13,14)15)39(48-21)36(27-30)45(16,17)18/h22-27H,1-21H3. The second-order valence-corrected chi connectivity index (χ2v) is 22.3. The van der Waals surface area contributed by atoms with Gasteiger partial charge in [0.15, 0.2) is 0 Å². The van der Waals surface area contributed by atoms with Crippen LogP contribution in [0.25, 0.3) is 0 Å². The molecule has 4 heteroatoms. The van der Waals surface area contributed by atoms with Crippen molar-refractivity contribution in [3.63, 3.8) is 0 Å². The Labute approximate surface area is 302 Å². The molecule has 0 radical (unpaired) electrons. The third-order valence-electron chi connectivity index (χ3n) is 9.46. The summed E-state index contributed by atoms with van der Waals surface area (Å²) < 4.78 is 18.8. The average Bonchev–Trinajstić information content (AvgIpc) is 2.93. The first-order valence-electron chi connectivity index (χ1n) is 18.0. The van der Waals surface area contributed by atoms with Gasteiger partial charge in [-0.1, -0.05) is 125 Å². The summed E-state index contributed by atoms with van der Waals surface area (Å²) in [7, 11) is 4.43. The fraction of sp³-hybridized carbons (Fsp3) is 0.600. The quantitative estimate of drug-likeness (QED) is 0.241. The SMILES string of the molecule is COc1c(C(C)(C)C)cc(P(c2cc(C(C)(C)C)c(OC)c(C(C)(C)C)c2)c2cc(C(C)(C)C)c(OC)c(C(C)(C)C)c2)cc1C(C)(C)C. The molecule has 0 aliphatic carbocycles. The van der Waals surface area contributed by atoms with E-state index in [1.807, 2.05) is 21.3 Å². The Morgan fingerprint density at radius 3 is 0.551 bits per heavy atom. The maximum absolute atomic E-state index is 6.27. The largest absolute Gasteiger partial charge is 0.496 e. The van der Waals surface area contributed by atoms with Gasteiger partial charge < -0.3 is 14.2 Å². The van der Waals surface area contributed by atoms with Gasteiger partial charge in [0.1, 0.15) is 17.2 Å². The van der Waals surface area contributed by atoms with Crippen LogP contribution in [0.15, 0.2) is 36.4 Å². The normalized spacial score (nSPS) is 13.6. The molecule has 3 aromatic carbocycles. The lowest BCUT2D eigenvalue weighted by atomic mass is 9.79. The summed E-state index contributed by atoms with van der Waals surface area (Å²) in [5.41, 5.74) is 6.72. The molecule has 0 unspecified atom stereocenters. The fourth-order valence-electron chi connectivity index (χ4n) is 6.68. The zero-order valence-corrected chi connectivity index (χ0v) is 36.0. The van der Waals surface area contributed by atoms with Crippen molar-refractivity contribution < 1.29 is 14.2 Å². The number of hydrogen-bond acceptors (Lipinski definition) is 3. The number of ether oxygens (including phenoxy) is 3. The van der Waals surface area contributed by atoms with Crippen LogP contribution in [0.3, 0.4) is 0 Å². The summed E-state index contributed by atoms with van der Waals surface area (Å²) in [4.78, 5) is 0. The number of rotatable bonds is 6. The molecular weight excluding hydrogens is 619 g/mol. The molecule has 0 atom stereocenters. The van der Waals surface area contributed by atoms with Gasteiger partial charge in [-0.15, -0.1) is 0 Å². The summed E-state index contributed by atoms with van der Waals surface area (Å²) in [5.74, 6) is 3.00. The molecular formula is C45H69O3P. The van der Waals surface area contributed by atoms with Gasteiger partial charge in [0, 0.05) is 33.4 Å². The zero-order valence-electron chi connectivity index (χ0n) is 35.1. The number of benzene rings is 3. The molecule has 0 heterocycles. The van der Waals surface area contributed by atoms with E-state index in [4.69, 9.17) is 14.2 Å². The predicted molar refractivity (Wildman–Crippen MR) is 217 cm³/mol. The summed E-state index contributed by atoms with van der Waals surface area (Å²) >= 11 is 0. The van der Waals surface area contributed by atoms with Gasteiger partial charge in [-0.2, -0.15) is 0 Å². The molecule has 0 N–H and O–H groups in total. The van der Waals surface area contributed by atoms with Gasteiger partial charge >= 0.3 is 0 Å². The van der Waals surface area contributed by atoms with Crippen LogP contribution in [0.2, 0.25) is 0 Å². The molecule has 272 valence electrons. The molecule has 0 saturated carbocycles. The highest BCUT2D eigenvalue weighted by molar-refractivity contribution is 7.79. The molecule has 0 saturated heterocycles. The first-order chi connectivity index (χ1) is 22.0. The first-order valence-corrected chi connectivity index (χ1v) is 19.3. The maximum Gasteiger partial charge on any atom is 0.126 e. The molecule has 3 nitrogen and oxygen atoms in total. The van der Waals surface area contributed by atoms with Crippen LogP contribution in [0, 0.1) is 0 Å². The highest BCUT2D eigenvalue weighted by Crippen LogP contribution is 2.48. The first kappa shape index (κ1) is 40.9. The monoisotopic (exact) mass is 688 g/mol. The Morgan fingerprint density at radius 2 is 0.449 bits per heavy atom. The van der Waals surface area contributed by atoms with Crippen molar-refractivity contribution in [1.29, 1.82) is 0 Å². The highest BCUT2D eigenvalue weighted by atomic mass is 31.1. The van der Waals surface area contributed by atoms with Crippen LogP contribution in [-0.2, 0) is 32.5 Å². The predicted octanol–water partition coefficient (Wildman–Crippen LogP) is 11.3. The Balaban J connectivity index is 2.78. The highest BCUT2D eigenvalue weighted by Gasteiger charge is 2.35. The molecule has 0 spiro atoms. The molecule has 3 aromatic rings. The van der Waals surface area contributed by atoms with E-state index in [1.54, 1.807) is 0 Å². The lowest BCUT2D eigenvalue weighted by Gasteiger charge is -2.35. The third-order valence-corrected chi connectivity index (χ3v) is 11.8. The minimum absolute atomic E-state index is 0.123. The lowest BCUT2D eigenvalue weighted by Crippen LogP contribution is -2.30. The Kier molecular flexibility index (Phi) is 11.3. The molecule has 0 aromatic heterocycles. The molecule has 0 fully saturated rings. The van der Waals surface area contributed by atoms with Crippen molar-refractivity contribution in [2.75, 3.05) is 21.3 Å². The molecule has 0 bridgehead atoms. The molecule has 49 heavy (non-hydrogen) atoms. The van der Waals surface area contributed by atoms with Crippen LogP contribution in [-0.4, -0.2) is 21.3 Å². The van der Waals surface area contributed by atoms with E-state index in [-0.39, 0.29) is 32.5 Å². The van der Waals surface area contributed by atoms with Crippen molar-refractivity contribution >= 4 is 23.8 Å². The van der Waals surface area contributed by atoms with Crippen molar-refractivity contribution in [3.8, 4) is 17.2 Å². The lowest BCUT2D eigenvalue weighted by molar-refractivity contribution is 0.381. The Hall–Kier alpha value is -2.51. The molecule has 0 aliphatic rings. The minimum Gasteiger partial charge on any atom is -0.496 e. The topological polar surface area (TPSA) is 27.7 Å². The second kappa shape index (κ2) is 13.6. The fourth-order valence-corrected chi connectivity index (χ4v) is 9.12. The van der Waals surface area contributed by atoms with Crippen LogP contribution >= 0.6 is 7.92 Å². The van der Waals surface area contributed by atoms with E-state index < -0.39 is 7.92 Å². The van der Waals surface area contributed by atoms with Crippen LogP contribution < -0.4 is 30.1 Å². The average molecular weight is 689 g/mol. The van der Waals surface area contributed by atoms with Crippen molar-refractivity contribution in [1.82, 2.24) is 0 Å². The van der Waals surface area contributed by atoms with Crippen LogP contribution in [0.1, 0.15) is 158 Å².